The van der Waals surface area contributed by atoms with Gasteiger partial charge in [0.2, 0.25) is 5.91 Å². The molecule has 2 fully saturated rings. The van der Waals surface area contributed by atoms with Crippen LogP contribution in [-0.2, 0) is 27.3 Å². The van der Waals surface area contributed by atoms with Gasteiger partial charge in [-0.15, -0.1) is 0 Å². The van der Waals surface area contributed by atoms with Crippen LogP contribution in [0.3, 0.4) is 0 Å². The number of hydrogen-bond donors (Lipinski definition) is 0. The number of aryl methyl sites for hydroxylation is 2. The Morgan fingerprint density at radius 1 is 0.977 bits per heavy atom. The number of pyridine rings is 1. The maximum absolute atomic E-state index is 13.4. The molecule has 1 aliphatic heterocycles. The number of carbonyl (C=O) groups is 2. The van der Waals surface area contributed by atoms with Gasteiger partial charge in [0, 0.05) is 58.4 Å². The van der Waals surface area contributed by atoms with Crippen molar-refractivity contribution in [2.24, 2.45) is 22.9 Å². The molecule has 0 bridgehead atoms. The lowest BCUT2D eigenvalue weighted by molar-refractivity contribution is -0.134. The number of oxime groups is 1. The summed E-state index contributed by atoms with van der Waals surface area (Å²) in [7, 11) is 0. The molecule has 2 aliphatic carbocycles. The van der Waals surface area contributed by atoms with Crippen LogP contribution in [0.25, 0.3) is 0 Å². The van der Waals surface area contributed by atoms with Gasteiger partial charge in [0.05, 0.1) is 11.4 Å². The van der Waals surface area contributed by atoms with Crippen molar-refractivity contribution in [2.45, 2.75) is 96.8 Å². The fraction of sp³-hybridized carbons (Fsp3) is 0.600. The van der Waals surface area contributed by atoms with E-state index in [0.717, 1.165) is 90.6 Å². The highest BCUT2D eigenvalue weighted by molar-refractivity contribution is 9.10. The Labute approximate surface area is 284 Å². The standard InChI is InChI=1S/C35H44Br2ClN3O3/c1-22(2)40-44-16-13-30(42)10-7-23-3-5-24(6-4-23)17-32(43)41-14-11-25(12-15-41)34-33-26(19-29(38)20-31(33)37)8-9-27-18-28(36)21-39-35(27)34/h18-21,23-25,34H,3-17H2,1-2H3/t23?,24?,34-/m1/s1. The van der Waals surface area contributed by atoms with Crippen LogP contribution in [0.15, 0.2) is 38.5 Å². The van der Waals surface area contributed by atoms with E-state index in [9.17, 15) is 9.59 Å². The molecule has 9 heteroatoms. The monoisotopic (exact) mass is 747 g/mol. The van der Waals surface area contributed by atoms with Gasteiger partial charge in [0.15, 0.2) is 0 Å². The minimum Gasteiger partial charge on any atom is -0.395 e. The number of likely N-dealkylation sites (tertiary alicyclic amines) is 1. The summed E-state index contributed by atoms with van der Waals surface area (Å²) in [6, 6.07) is 6.37. The van der Waals surface area contributed by atoms with Gasteiger partial charge in [-0.2, -0.15) is 0 Å². The van der Waals surface area contributed by atoms with Crippen LogP contribution >= 0.6 is 43.5 Å². The number of piperidine rings is 1. The maximum atomic E-state index is 13.4. The van der Waals surface area contributed by atoms with E-state index in [1.165, 1.54) is 22.4 Å². The van der Waals surface area contributed by atoms with Gasteiger partial charge in [-0.05, 0) is 127 Å². The predicted molar refractivity (Wildman–Crippen MR) is 183 cm³/mol. The number of rotatable bonds is 10. The van der Waals surface area contributed by atoms with Crippen molar-refractivity contribution in [1.29, 1.82) is 0 Å². The number of amides is 1. The topological polar surface area (TPSA) is 71.9 Å². The van der Waals surface area contributed by atoms with E-state index >= 15 is 0 Å². The minimum atomic E-state index is 0.184. The number of fused-ring (bicyclic) bond motifs is 2. The molecular weight excluding hydrogens is 706 g/mol. The summed E-state index contributed by atoms with van der Waals surface area (Å²) in [6.45, 7) is 5.71. The first-order chi connectivity index (χ1) is 21.2. The normalized spacial score (nSPS) is 22.0. The Morgan fingerprint density at radius 3 is 2.41 bits per heavy atom. The van der Waals surface area contributed by atoms with E-state index in [1.54, 1.807) is 0 Å². The molecule has 6 nitrogen and oxygen atoms in total. The Hall–Kier alpha value is -1.77. The Balaban J connectivity index is 1.11. The van der Waals surface area contributed by atoms with Gasteiger partial charge in [0.1, 0.15) is 12.4 Å². The number of halogens is 3. The molecule has 2 aromatic rings. The summed E-state index contributed by atoms with van der Waals surface area (Å²) in [4.78, 5) is 37.9. The molecule has 1 saturated heterocycles. The SMILES string of the molecule is CC(C)=NOCCC(=O)CCC1CCC(CC(=O)N2CCC([C@H]3c4ncc(Br)cc4CCc4cc(Cl)cc(Br)c43)CC2)CC1. The number of aromatic nitrogens is 1. The van der Waals surface area contributed by atoms with E-state index in [4.69, 9.17) is 21.4 Å². The first-order valence-electron chi connectivity index (χ1n) is 16.2. The second-order valence-corrected chi connectivity index (χ2v) is 15.4. The highest BCUT2D eigenvalue weighted by atomic mass is 79.9. The van der Waals surface area contributed by atoms with Crippen molar-refractivity contribution in [3.05, 3.63) is 60.7 Å². The lowest BCUT2D eigenvalue weighted by atomic mass is 9.76. The summed E-state index contributed by atoms with van der Waals surface area (Å²) >= 11 is 14.0. The Kier molecular flexibility index (Phi) is 12.0. The van der Waals surface area contributed by atoms with Gasteiger partial charge in [-0.3, -0.25) is 14.6 Å². The maximum Gasteiger partial charge on any atom is 0.222 e. The van der Waals surface area contributed by atoms with Gasteiger partial charge < -0.3 is 9.74 Å². The molecule has 3 aliphatic rings. The van der Waals surface area contributed by atoms with Gasteiger partial charge in [0.25, 0.3) is 0 Å². The molecule has 1 amide bonds. The summed E-state index contributed by atoms with van der Waals surface area (Å²) in [6.07, 6.45) is 12.8. The van der Waals surface area contributed by atoms with Gasteiger partial charge >= 0.3 is 0 Å². The quantitative estimate of drug-likeness (QED) is 0.138. The van der Waals surface area contributed by atoms with Gasteiger partial charge in [-0.1, -0.05) is 45.5 Å². The molecule has 1 aromatic carbocycles. The summed E-state index contributed by atoms with van der Waals surface area (Å²) in [5, 5.41) is 4.65. The summed E-state index contributed by atoms with van der Waals surface area (Å²) in [5.41, 5.74) is 5.95. The highest BCUT2D eigenvalue weighted by Crippen LogP contribution is 2.46. The van der Waals surface area contributed by atoms with Crippen LogP contribution in [0.5, 0.6) is 0 Å². The predicted octanol–water partition coefficient (Wildman–Crippen LogP) is 9.08. The average Bonchev–Trinajstić information content (AvgIpc) is 3.15. The van der Waals surface area contributed by atoms with Crippen molar-refractivity contribution in [2.75, 3.05) is 19.7 Å². The number of Topliss-reactive ketones (excluding diaryl/α,β-unsaturated/α-hetero) is 1. The molecule has 0 unspecified atom stereocenters. The van der Waals surface area contributed by atoms with E-state index in [0.29, 0.717) is 49.5 Å². The fourth-order valence-electron chi connectivity index (χ4n) is 7.44. The summed E-state index contributed by atoms with van der Waals surface area (Å²) in [5.74, 6) is 2.21. The van der Waals surface area contributed by atoms with E-state index in [-0.39, 0.29) is 11.7 Å². The first kappa shape index (κ1) is 33.6. The number of ketones is 1. The number of benzene rings is 1. The third kappa shape index (κ3) is 8.73. The number of carbonyl (C=O) groups excluding carboxylic acids is 2. The van der Waals surface area contributed by atoms with Crippen molar-refractivity contribution in [3.63, 3.8) is 0 Å². The molecule has 0 N–H and O–H groups in total. The lowest BCUT2D eigenvalue weighted by Gasteiger charge is -2.38. The molecule has 0 spiro atoms. The number of nitrogens with zero attached hydrogens (tertiary/aromatic N) is 3. The molecule has 2 heterocycles. The molecule has 1 atom stereocenters. The van der Waals surface area contributed by atoms with Crippen LogP contribution in [0.1, 0.15) is 106 Å². The van der Waals surface area contributed by atoms with Crippen molar-refractivity contribution >= 4 is 60.9 Å². The smallest absolute Gasteiger partial charge is 0.222 e. The Bertz CT molecular complexity index is 1360. The van der Waals surface area contributed by atoms with Crippen LogP contribution in [0.2, 0.25) is 5.02 Å². The van der Waals surface area contributed by atoms with Crippen LogP contribution in [0, 0.1) is 17.8 Å². The summed E-state index contributed by atoms with van der Waals surface area (Å²) < 4.78 is 2.08. The molecule has 5 rings (SSSR count). The highest BCUT2D eigenvalue weighted by Gasteiger charge is 2.36. The fourth-order valence-corrected chi connectivity index (χ4v) is 8.94. The third-order valence-electron chi connectivity index (χ3n) is 9.76. The van der Waals surface area contributed by atoms with Gasteiger partial charge in [-0.25, -0.2) is 0 Å². The molecule has 1 aromatic heterocycles. The average molecular weight is 750 g/mol. The largest absolute Gasteiger partial charge is 0.395 e. The van der Waals surface area contributed by atoms with E-state index < -0.39 is 0 Å². The van der Waals surface area contributed by atoms with Crippen LogP contribution in [-0.4, -0.2) is 47.0 Å². The van der Waals surface area contributed by atoms with Crippen LogP contribution in [0.4, 0.5) is 0 Å². The molecule has 1 saturated carbocycles. The number of hydrogen-bond acceptors (Lipinski definition) is 5. The van der Waals surface area contributed by atoms with Crippen LogP contribution < -0.4 is 0 Å². The second kappa shape index (κ2) is 15.7. The lowest BCUT2D eigenvalue weighted by Crippen LogP contribution is -2.41. The zero-order chi connectivity index (χ0) is 31.2. The minimum absolute atomic E-state index is 0.184. The molecule has 238 valence electrons. The van der Waals surface area contributed by atoms with Crippen molar-refractivity contribution < 1.29 is 14.4 Å². The zero-order valence-electron chi connectivity index (χ0n) is 25.9. The zero-order valence-corrected chi connectivity index (χ0v) is 29.9. The molecular formula is C35H44Br2ClN3O3. The van der Waals surface area contributed by atoms with Crippen molar-refractivity contribution in [1.82, 2.24) is 9.88 Å². The Morgan fingerprint density at radius 2 is 1.68 bits per heavy atom. The second-order valence-electron chi connectivity index (χ2n) is 13.1. The molecule has 44 heavy (non-hydrogen) atoms. The molecule has 0 radical (unpaired) electrons. The first-order valence-corrected chi connectivity index (χ1v) is 18.2. The van der Waals surface area contributed by atoms with Crippen molar-refractivity contribution in [3.8, 4) is 0 Å². The van der Waals surface area contributed by atoms with E-state index in [2.05, 4.69) is 54.0 Å². The third-order valence-corrected chi connectivity index (χ3v) is 11.1. The van der Waals surface area contributed by atoms with E-state index in [1.807, 2.05) is 26.1 Å².